The highest BCUT2D eigenvalue weighted by Crippen LogP contribution is 2.15. The molecule has 5 heteroatoms. The fraction of sp³-hybridized carbons (Fsp3) is 0.533. The Balaban J connectivity index is 1.73. The van der Waals surface area contributed by atoms with Gasteiger partial charge in [0, 0.05) is 38.4 Å². The van der Waals surface area contributed by atoms with Crippen molar-refractivity contribution in [3.63, 3.8) is 0 Å². The number of piperazine rings is 1. The molecule has 0 amide bonds. The lowest BCUT2D eigenvalue weighted by molar-refractivity contribution is -0.142. The predicted molar refractivity (Wildman–Crippen MR) is 79.7 cm³/mol. The maximum Gasteiger partial charge on any atom is 0.322 e. The van der Waals surface area contributed by atoms with E-state index in [0.29, 0.717) is 6.42 Å². The maximum absolute atomic E-state index is 11.2. The first-order valence-corrected chi connectivity index (χ1v) is 7.06. The summed E-state index contributed by atoms with van der Waals surface area (Å²) in [5.74, 6) is -0.326. The zero-order valence-electron chi connectivity index (χ0n) is 12.0. The Morgan fingerprint density at radius 3 is 2.50 bits per heavy atom. The molecule has 0 aromatic heterocycles. The number of para-hydroxylation sites is 1. The van der Waals surface area contributed by atoms with Gasteiger partial charge in [-0.3, -0.25) is 9.69 Å². The molecule has 110 valence electrons. The number of carbonyl (C=O) groups is 1. The van der Waals surface area contributed by atoms with Gasteiger partial charge in [-0.25, -0.2) is 0 Å². The third-order valence-corrected chi connectivity index (χ3v) is 3.75. The number of carbonyl (C=O) groups excluding carboxylic acids is 1. The van der Waals surface area contributed by atoms with E-state index in [1.807, 2.05) is 6.07 Å². The second kappa shape index (κ2) is 7.26. The van der Waals surface area contributed by atoms with Crippen LogP contribution in [0, 0.1) is 0 Å². The van der Waals surface area contributed by atoms with Crippen LogP contribution in [-0.4, -0.2) is 56.7 Å². The molecule has 1 aromatic rings. The van der Waals surface area contributed by atoms with E-state index in [1.165, 1.54) is 12.8 Å². The Labute approximate surface area is 120 Å². The summed E-state index contributed by atoms with van der Waals surface area (Å²) >= 11 is 0. The van der Waals surface area contributed by atoms with Crippen molar-refractivity contribution in [1.82, 2.24) is 4.90 Å². The Kier molecular flexibility index (Phi) is 5.38. The highest BCUT2D eigenvalue weighted by Gasteiger charge is 2.19. The highest BCUT2D eigenvalue weighted by atomic mass is 16.5. The number of anilines is 1. The van der Waals surface area contributed by atoms with Crippen molar-refractivity contribution >= 4 is 11.7 Å². The van der Waals surface area contributed by atoms with E-state index in [2.05, 4.69) is 38.8 Å². The molecule has 5 nitrogen and oxygen atoms in total. The molecule has 2 N–H and O–H groups in total. The lowest BCUT2D eigenvalue weighted by Gasteiger charge is -2.36. The summed E-state index contributed by atoms with van der Waals surface area (Å²) in [5.41, 5.74) is 7.03. The number of benzene rings is 1. The minimum absolute atomic E-state index is 0.326. The molecule has 1 saturated heterocycles. The topological polar surface area (TPSA) is 58.8 Å². The van der Waals surface area contributed by atoms with Gasteiger partial charge in [0.1, 0.15) is 6.04 Å². The van der Waals surface area contributed by atoms with Crippen molar-refractivity contribution < 1.29 is 9.53 Å². The Morgan fingerprint density at radius 2 is 1.90 bits per heavy atom. The average Bonchev–Trinajstić information content (AvgIpc) is 2.53. The second-order valence-electron chi connectivity index (χ2n) is 5.08. The Morgan fingerprint density at radius 1 is 1.25 bits per heavy atom. The number of methoxy groups -OCH3 is 1. The number of hydrogen-bond donors (Lipinski definition) is 1. The zero-order chi connectivity index (χ0) is 14.4. The normalized spacial score (nSPS) is 17.8. The van der Waals surface area contributed by atoms with Crippen LogP contribution >= 0.6 is 0 Å². The van der Waals surface area contributed by atoms with Crippen molar-refractivity contribution in [3.8, 4) is 0 Å². The minimum Gasteiger partial charge on any atom is -0.468 e. The van der Waals surface area contributed by atoms with Gasteiger partial charge in [0.2, 0.25) is 0 Å². The predicted octanol–water partition coefficient (Wildman–Crippen LogP) is 0.699. The number of hydrogen-bond acceptors (Lipinski definition) is 5. The van der Waals surface area contributed by atoms with Gasteiger partial charge >= 0.3 is 5.97 Å². The van der Waals surface area contributed by atoms with Gasteiger partial charge < -0.3 is 15.4 Å². The number of ether oxygens (including phenoxy) is 1. The number of nitrogens with two attached hydrogens (primary N) is 1. The fourth-order valence-corrected chi connectivity index (χ4v) is 2.46. The van der Waals surface area contributed by atoms with Crippen molar-refractivity contribution in [2.45, 2.75) is 12.5 Å². The van der Waals surface area contributed by atoms with Crippen LogP contribution in [0.25, 0.3) is 0 Å². The summed E-state index contributed by atoms with van der Waals surface area (Å²) in [6.45, 7) is 4.87. The van der Waals surface area contributed by atoms with E-state index in [-0.39, 0.29) is 5.97 Å². The van der Waals surface area contributed by atoms with Gasteiger partial charge in [0.15, 0.2) is 0 Å². The van der Waals surface area contributed by atoms with Crippen LogP contribution in [0.1, 0.15) is 6.42 Å². The molecule has 1 unspecified atom stereocenters. The molecule has 0 bridgehead atoms. The molecule has 0 spiro atoms. The number of esters is 1. The SMILES string of the molecule is COC(=O)C(N)CCN1CCN(c2ccccc2)CC1. The molecule has 0 radical (unpaired) electrons. The van der Waals surface area contributed by atoms with Crippen LogP contribution in [0.15, 0.2) is 30.3 Å². The minimum atomic E-state index is -0.507. The number of nitrogens with zero attached hydrogens (tertiary/aromatic N) is 2. The van der Waals surface area contributed by atoms with E-state index < -0.39 is 6.04 Å². The van der Waals surface area contributed by atoms with Crippen LogP contribution in [-0.2, 0) is 9.53 Å². The van der Waals surface area contributed by atoms with Gasteiger partial charge in [-0.2, -0.15) is 0 Å². The van der Waals surface area contributed by atoms with E-state index in [1.54, 1.807) is 0 Å². The first kappa shape index (κ1) is 14.8. The lowest BCUT2D eigenvalue weighted by atomic mass is 10.2. The lowest BCUT2D eigenvalue weighted by Crippen LogP contribution is -2.48. The molecule has 2 rings (SSSR count). The second-order valence-corrected chi connectivity index (χ2v) is 5.08. The Hall–Kier alpha value is -1.59. The first-order valence-electron chi connectivity index (χ1n) is 7.06. The molecule has 0 saturated carbocycles. The summed E-state index contributed by atoms with van der Waals surface area (Å²) in [5, 5.41) is 0. The Bertz CT molecular complexity index is 416. The van der Waals surface area contributed by atoms with Gasteiger partial charge in [0.05, 0.1) is 7.11 Å². The van der Waals surface area contributed by atoms with Crippen LogP contribution in [0.3, 0.4) is 0 Å². The summed E-state index contributed by atoms with van der Waals surface area (Å²) in [7, 11) is 1.38. The molecular weight excluding hydrogens is 254 g/mol. The summed E-state index contributed by atoms with van der Waals surface area (Å²) in [4.78, 5) is 16.0. The zero-order valence-corrected chi connectivity index (χ0v) is 12.0. The van der Waals surface area contributed by atoms with Crippen LogP contribution in [0.5, 0.6) is 0 Å². The van der Waals surface area contributed by atoms with Crippen LogP contribution in [0.4, 0.5) is 5.69 Å². The molecule has 1 heterocycles. The third-order valence-electron chi connectivity index (χ3n) is 3.75. The van der Waals surface area contributed by atoms with E-state index in [4.69, 9.17) is 5.73 Å². The van der Waals surface area contributed by atoms with Gasteiger partial charge in [-0.05, 0) is 18.6 Å². The van der Waals surface area contributed by atoms with Gasteiger partial charge in [0.25, 0.3) is 0 Å². The fourth-order valence-electron chi connectivity index (χ4n) is 2.46. The molecule has 0 aliphatic carbocycles. The van der Waals surface area contributed by atoms with Crippen LogP contribution in [0.2, 0.25) is 0 Å². The van der Waals surface area contributed by atoms with Crippen molar-refractivity contribution in [2.24, 2.45) is 5.73 Å². The first-order chi connectivity index (χ1) is 9.70. The summed E-state index contributed by atoms with van der Waals surface area (Å²) < 4.78 is 4.64. The van der Waals surface area contributed by atoms with Crippen molar-refractivity contribution in [3.05, 3.63) is 30.3 Å². The molecule has 1 aliphatic rings. The standard InChI is InChI=1S/C15H23N3O2/c1-20-15(19)14(16)7-8-17-9-11-18(12-10-17)13-5-3-2-4-6-13/h2-6,14H,7-12,16H2,1H3. The molecule has 1 atom stereocenters. The molecular formula is C15H23N3O2. The average molecular weight is 277 g/mol. The quantitative estimate of drug-likeness (QED) is 0.803. The monoisotopic (exact) mass is 277 g/mol. The largest absolute Gasteiger partial charge is 0.468 e. The van der Waals surface area contributed by atoms with E-state index in [9.17, 15) is 4.79 Å². The van der Waals surface area contributed by atoms with Crippen molar-refractivity contribution in [1.29, 1.82) is 0 Å². The summed E-state index contributed by atoms with van der Waals surface area (Å²) in [6, 6.07) is 9.94. The molecule has 20 heavy (non-hydrogen) atoms. The van der Waals surface area contributed by atoms with E-state index in [0.717, 1.165) is 32.7 Å². The molecule has 1 fully saturated rings. The smallest absolute Gasteiger partial charge is 0.322 e. The van der Waals surface area contributed by atoms with Gasteiger partial charge in [-0.1, -0.05) is 18.2 Å². The van der Waals surface area contributed by atoms with Crippen molar-refractivity contribution in [2.75, 3.05) is 44.7 Å². The van der Waals surface area contributed by atoms with E-state index >= 15 is 0 Å². The third kappa shape index (κ3) is 3.95. The maximum atomic E-state index is 11.2. The molecule has 1 aliphatic heterocycles. The highest BCUT2D eigenvalue weighted by molar-refractivity contribution is 5.75. The van der Waals surface area contributed by atoms with Crippen LogP contribution < -0.4 is 10.6 Å². The molecule has 1 aromatic carbocycles. The number of rotatable bonds is 5. The summed E-state index contributed by atoms with van der Waals surface area (Å²) in [6.07, 6.45) is 0.651. The van der Waals surface area contributed by atoms with Gasteiger partial charge in [-0.15, -0.1) is 0 Å².